The molecule has 0 spiro atoms. The van der Waals surface area contributed by atoms with Gasteiger partial charge in [0.05, 0.1) is 6.04 Å². The van der Waals surface area contributed by atoms with Crippen LogP contribution in [0, 0.1) is 25.5 Å². The van der Waals surface area contributed by atoms with Crippen LogP contribution in [0.5, 0.6) is 0 Å². The molecule has 2 rings (SSSR count). The molecule has 0 heterocycles. The van der Waals surface area contributed by atoms with Crippen molar-refractivity contribution in [3.63, 3.8) is 0 Å². The first kappa shape index (κ1) is 15.9. The normalized spacial score (nSPS) is 12.4. The molecule has 3 N–H and O–H groups in total. The molecule has 5 heteroatoms. The first-order valence-electron chi connectivity index (χ1n) is 6.62. The lowest BCUT2D eigenvalue weighted by Gasteiger charge is -2.19. The van der Waals surface area contributed by atoms with E-state index in [1.807, 2.05) is 26.0 Å². The molecule has 21 heavy (non-hydrogen) atoms. The Morgan fingerprint density at radius 2 is 1.95 bits per heavy atom. The third-order valence-corrected chi connectivity index (χ3v) is 4.33. The number of hydrazine groups is 1. The maximum absolute atomic E-state index is 14.2. The molecular formula is C16H18F2N2S. The first-order chi connectivity index (χ1) is 10.0. The van der Waals surface area contributed by atoms with E-state index in [9.17, 15) is 8.78 Å². The maximum atomic E-state index is 14.2. The molecule has 1 unspecified atom stereocenters. The zero-order chi connectivity index (χ0) is 15.4. The number of nitrogens with two attached hydrogens (primary N) is 1. The number of aryl methyl sites for hydroxylation is 2. The fraction of sp³-hybridized carbons (Fsp3) is 0.250. The van der Waals surface area contributed by atoms with Gasteiger partial charge in [-0.2, -0.15) is 0 Å². The molecule has 2 aromatic carbocycles. The fourth-order valence-electron chi connectivity index (χ4n) is 2.32. The largest absolute Gasteiger partial charge is 0.271 e. The van der Waals surface area contributed by atoms with Crippen LogP contribution in [-0.4, -0.2) is 5.75 Å². The molecule has 0 saturated carbocycles. The Bertz CT molecular complexity index is 608. The molecule has 0 saturated heterocycles. The molecular weight excluding hydrogens is 290 g/mol. The summed E-state index contributed by atoms with van der Waals surface area (Å²) in [6.07, 6.45) is 0. The minimum atomic E-state index is -0.334. The van der Waals surface area contributed by atoms with Crippen molar-refractivity contribution >= 4 is 11.8 Å². The van der Waals surface area contributed by atoms with Gasteiger partial charge in [-0.1, -0.05) is 12.1 Å². The van der Waals surface area contributed by atoms with Crippen LogP contribution in [0.25, 0.3) is 0 Å². The Morgan fingerprint density at radius 3 is 2.57 bits per heavy atom. The van der Waals surface area contributed by atoms with E-state index in [1.165, 1.54) is 30.0 Å². The Labute approximate surface area is 127 Å². The van der Waals surface area contributed by atoms with Gasteiger partial charge in [0.25, 0.3) is 0 Å². The second-order valence-electron chi connectivity index (χ2n) is 4.96. The average molecular weight is 308 g/mol. The van der Waals surface area contributed by atoms with E-state index >= 15 is 0 Å². The Kier molecular flexibility index (Phi) is 5.33. The van der Waals surface area contributed by atoms with Gasteiger partial charge in [0.1, 0.15) is 11.6 Å². The maximum Gasteiger partial charge on any atom is 0.128 e. The Balaban J connectivity index is 2.17. The zero-order valence-corrected chi connectivity index (χ0v) is 12.8. The molecule has 0 aliphatic rings. The van der Waals surface area contributed by atoms with Crippen LogP contribution in [0.3, 0.4) is 0 Å². The van der Waals surface area contributed by atoms with Gasteiger partial charge in [-0.15, -0.1) is 11.8 Å². The van der Waals surface area contributed by atoms with Crippen molar-refractivity contribution in [2.45, 2.75) is 24.8 Å². The first-order valence-corrected chi connectivity index (χ1v) is 7.61. The van der Waals surface area contributed by atoms with E-state index < -0.39 is 0 Å². The minimum Gasteiger partial charge on any atom is -0.271 e. The molecule has 0 aliphatic heterocycles. The molecule has 1 atom stereocenters. The minimum absolute atomic E-state index is 0.268. The topological polar surface area (TPSA) is 38.0 Å². The lowest BCUT2D eigenvalue weighted by atomic mass is 10.00. The van der Waals surface area contributed by atoms with Gasteiger partial charge < -0.3 is 0 Å². The van der Waals surface area contributed by atoms with Crippen LogP contribution in [-0.2, 0) is 0 Å². The highest BCUT2D eigenvalue weighted by atomic mass is 32.2. The van der Waals surface area contributed by atoms with Gasteiger partial charge in [0.2, 0.25) is 0 Å². The average Bonchev–Trinajstić information content (AvgIpc) is 2.41. The van der Waals surface area contributed by atoms with Crippen LogP contribution >= 0.6 is 11.8 Å². The highest BCUT2D eigenvalue weighted by Crippen LogP contribution is 2.28. The quantitative estimate of drug-likeness (QED) is 0.500. The molecule has 2 aromatic rings. The van der Waals surface area contributed by atoms with E-state index in [2.05, 4.69) is 5.43 Å². The molecule has 0 fully saturated rings. The summed E-state index contributed by atoms with van der Waals surface area (Å²) in [6.45, 7) is 3.72. The van der Waals surface area contributed by atoms with Crippen molar-refractivity contribution in [3.8, 4) is 0 Å². The summed E-state index contributed by atoms with van der Waals surface area (Å²) in [7, 11) is 0. The molecule has 0 aromatic heterocycles. The van der Waals surface area contributed by atoms with E-state index in [1.54, 1.807) is 6.07 Å². The molecule has 0 radical (unpaired) electrons. The smallest absolute Gasteiger partial charge is 0.128 e. The van der Waals surface area contributed by atoms with Gasteiger partial charge in [0, 0.05) is 16.2 Å². The van der Waals surface area contributed by atoms with Gasteiger partial charge in [-0.05, 0) is 49.2 Å². The molecule has 0 aliphatic carbocycles. The van der Waals surface area contributed by atoms with Crippen LogP contribution in [0.15, 0.2) is 41.3 Å². The predicted octanol–water partition coefficient (Wildman–Crippen LogP) is 3.88. The number of rotatable bonds is 5. The summed E-state index contributed by atoms with van der Waals surface area (Å²) in [5, 5.41) is 0. The highest BCUT2D eigenvalue weighted by Gasteiger charge is 2.18. The summed E-state index contributed by atoms with van der Waals surface area (Å²) in [4.78, 5) is 0.792. The van der Waals surface area contributed by atoms with E-state index in [4.69, 9.17) is 5.84 Å². The summed E-state index contributed by atoms with van der Waals surface area (Å²) in [6, 6.07) is 9.41. The van der Waals surface area contributed by atoms with Gasteiger partial charge in [-0.3, -0.25) is 11.3 Å². The lowest BCUT2D eigenvalue weighted by molar-refractivity contribution is 0.542. The molecule has 112 valence electrons. The van der Waals surface area contributed by atoms with E-state index in [0.29, 0.717) is 11.3 Å². The number of hydrogen-bond acceptors (Lipinski definition) is 3. The second-order valence-corrected chi connectivity index (χ2v) is 6.06. The number of halogens is 2. The monoisotopic (exact) mass is 308 g/mol. The second kappa shape index (κ2) is 7.02. The van der Waals surface area contributed by atoms with Crippen LogP contribution in [0.1, 0.15) is 22.7 Å². The molecule has 0 amide bonds. The number of nitrogens with one attached hydrogen (secondary N) is 1. The zero-order valence-electron chi connectivity index (χ0n) is 12.0. The number of benzene rings is 2. The van der Waals surface area contributed by atoms with Crippen molar-refractivity contribution in [2.75, 3.05) is 5.75 Å². The van der Waals surface area contributed by atoms with E-state index in [0.717, 1.165) is 16.0 Å². The van der Waals surface area contributed by atoms with Crippen LogP contribution in [0.2, 0.25) is 0 Å². The van der Waals surface area contributed by atoms with E-state index in [-0.39, 0.29) is 17.7 Å². The number of hydrogen-bond donors (Lipinski definition) is 2. The van der Waals surface area contributed by atoms with Crippen molar-refractivity contribution in [2.24, 2.45) is 5.84 Å². The lowest BCUT2D eigenvalue weighted by Crippen LogP contribution is -2.31. The van der Waals surface area contributed by atoms with Gasteiger partial charge >= 0.3 is 0 Å². The van der Waals surface area contributed by atoms with Crippen molar-refractivity contribution in [1.82, 2.24) is 5.43 Å². The molecule has 2 nitrogen and oxygen atoms in total. The SMILES string of the molecule is Cc1cc(C)c(C(CSc2cccc(F)c2)NN)c(F)c1. The highest BCUT2D eigenvalue weighted by molar-refractivity contribution is 7.99. The predicted molar refractivity (Wildman–Crippen MR) is 83.1 cm³/mol. The third kappa shape index (κ3) is 4.03. The standard InChI is InChI=1S/C16H18F2N2S/c1-10-6-11(2)16(14(18)7-10)15(20-19)9-21-13-5-3-4-12(17)8-13/h3-8,15,20H,9,19H2,1-2H3. The summed E-state index contributed by atoms with van der Waals surface area (Å²) in [5.74, 6) is 5.53. The third-order valence-electron chi connectivity index (χ3n) is 3.24. The Hall–Kier alpha value is -1.43. The van der Waals surface area contributed by atoms with Crippen molar-refractivity contribution < 1.29 is 8.78 Å². The summed E-state index contributed by atoms with van der Waals surface area (Å²) < 4.78 is 27.3. The molecule has 0 bridgehead atoms. The Morgan fingerprint density at radius 1 is 1.19 bits per heavy atom. The van der Waals surface area contributed by atoms with Gasteiger partial charge in [0.15, 0.2) is 0 Å². The van der Waals surface area contributed by atoms with Crippen LogP contribution in [0.4, 0.5) is 8.78 Å². The van der Waals surface area contributed by atoms with Crippen molar-refractivity contribution in [1.29, 1.82) is 0 Å². The summed E-state index contributed by atoms with van der Waals surface area (Å²) in [5.41, 5.74) is 4.95. The van der Waals surface area contributed by atoms with Crippen LogP contribution < -0.4 is 11.3 Å². The van der Waals surface area contributed by atoms with Gasteiger partial charge in [-0.25, -0.2) is 8.78 Å². The fourth-order valence-corrected chi connectivity index (χ4v) is 3.31. The van der Waals surface area contributed by atoms with Crippen molar-refractivity contribution in [3.05, 3.63) is 64.7 Å². The number of thioether (sulfide) groups is 1. The summed E-state index contributed by atoms with van der Waals surface area (Å²) >= 11 is 1.43.